The highest BCUT2D eigenvalue weighted by atomic mass is 16.5. The van der Waals surface area contributed by atoms with E-state index < -0.39 is 0 Å². The molecule has 2 N–H and O–H groups in total. The Morgan fingerprint density at radius 2 is 1.71 bits per heavy atom. The summed E-state index contributed by atoms with van der Waals surface area (Å²) in [5.74, 6) is 0. The van der Waals surface area contributed by atoms with E-state index in [0.29, 0.717) is 0 Å². The Morgan fingerprint density at radius 1 is 1.06 bits per heavy atom. The first-order valence-electron chi connectivity index (χ1n) is 5.67. The molecule has 0 saturated carbocycles. The van der Waals surface area contributed by atoms with Crippen LogP contribution >= 0.6 is 0 Å². The monoisotopic (exact) mass is 230 g/mol. The van der Waals surface area contributed by atoms with Crippen molar-refractivity contribution in [3.8, 4) is 0 Å². The lowest BCUT2D eigenvalue weighted by molar-refractivity contribution is 0.123. The van der Waals surface area contributed by atoms with Crippen LogP contribution in [-0.2, 0) is 4.74 Å². The summed E-state index contributed by atoms with van der Waals surface area (Å²) in [7, 11) is 0. The molecule has 88 valence electrons. The molecule has 1 fully saturated rings. The van der Waals surface area contributed by atoms with Crippen LogP contribution in [0.4, 0.5) is 11.4 Å². The van der Waals surface area contributed by atoms with Gasteiger partial charge in [-0.1, -0.05) is 0 Å². The normalized spacial score (nSPS) is 16.4. The first kappa shape index (κ1) is 10.3. The molecule has 1 aromatic heterocycles. The smallest absolute Gasteiger partial charge is 0.0908 e. The Morgan fingerprint density at radius 3 is 2.41 bits per heavy atom. The standard InChI is InChI=1S/C12H14N4O/c13-9-7-10-11(15-2-1-14-10)8-12(9)16-3-5-17-6-4-16/h1-2,7-8H,3-6,13H2. The second-order valence-corrected chi connectivity index (χ2v) is 4.06. The van der Waals surface area contributed by atoms with Crippen molar-refractivity contribution in [2.45, 2.75) is 0 Å². The van der Waals surface area contributed by atoms with Gasteiger partial charge in [0.05, 0.1) is 35.6 Å². The predicted molar refractivity (Wildman–Crippen MR) is 67.0 cm³/mol. The molecule has 0 spiro atoms. The number of morpholine rings is 1. The van der Waals surface area contributed by atoms with Gasteiger partial charge in [-0.2, -0.15) is 0 Å². The van der Waals surface area contributed by atoms with Crippen LogP contribution in [0.5, 0.6) is 0 Å². The molecule has 1 aromatic carbocycles. The van der Waals surface area contributed by atoms with Gasteiger partial charge in [0, 0.05) is 25.5 Å². The number of rotatable bonds is 1. The third kappa shape index (κ3) is 1.89. The number of benzene rings is 1. The van der Waals surface area contributed by atoms with E-state index >= 15 is 0 Å². The molecule has 5 nitrogen and oxygen atoms in total. The second kappa shape index (κ2) is 4.18. The molecule has 0 atom stereocenters. The summed E-state index contributed by atoms with van der Waals surface area (Å²) in [6.07, 6.45) is 3.37. The van der Waals surface area contributed by atoms with E-state index in [4.69, 9.17) is 10.5 Å². The number of nitrogen functional groups attached to an aromatic ring is 1. The van der Waals surface area contributed by atoms with Crippen LogP contribution in [0.2, 0.25) is 0 Å². The van der Waals surface area contributed by atoms with E-state index in [0.717, 1.165) is 48.7 Å². The number of ether oxygens (including phenoxy) is 1. The van der Waals surface area contributed by atoms with Gasteiger partial charge < -0.3 is 15.4 Å². The number of fused-ring (bicyclic) bond motifs is 1. The van der Waals surface area contributed by atoms with Crippen molar-refractivity contribution in [3.05, 3.63) is 24.5 Å². The highest BCUT2D eigenvalue weighted by molar-refractivity contribution is 5.86. The van der Waals surface area contributed by atoms with Crippen LogP contribution in [0.15, 0.2) is 24.5 Å². The molecular formula is C12H14N4O. The van der Waals surface area contributed by atoms with Gasteiger partial charge in [0.2, 0.25) is 0 Å². The molecule has 1 aliphatic heterocycles. The Hall–Kier alpha value is -1.88. The predicted octanol–water partition coefficient (Wildman–Crippen LogP) is 1.05. The van der Waals surface area contributed by atoms with E-state index in [9.17, 15) is 0 Å². The Labute approximate surface area is 99.2 Å². The molecule has 0 bridgehead atoms. The molecule has 1 saturated heterocycles. The van der Waals surface area contributed by atoms with Crippen LogP contribution in [0.1, 0.15) is 0 Å². The molecule has 0 aliphatic carbocycles. The molecule has 0 radical (unpaired) electrons. The van der Waals surface area contributed by atoms with E-state index in [-0.39, 0.29) is 0 Å². The number of anilines is 2. The average Bonchev–Trinajstić information content (AvgIpc) is 2.39. The topological polar surface area (TPSA) is 64.3 Å². The number of aromatic nitrogens is 2. The van der Waals surface area contributed by atoms with Gasteiger partial charge >= 0.3 is 0 Å². The van der Waals surface area contributed by atoms with Crippen LogP contribution in [0.3, 0.4) is 0 Å². The quantitative estimate of drug-likeness (QED) is 0.742. The lowest BCUT2D eigenvalue weighted by Crippen LogP contribution is -2.36. The molecule has 17 heavy (non-hydrogen) atoms. The zero-order chi connectivity index (χ0) is 11.7. The van der Waals surface area contributed by atoms with Gasteiger partial charge in [0.1, 0.15) is 0 Å². The Balaban J connectivity index is 2.06. The van der Waals surface area contributed by atoms with Gasteiger partial charge in [-0.15, -0.1) is 0 Å². The SMILES string of the molecule is Nc1cc2nccnc2cc1N1CCOCC1. The highest BCUT2D eigenvalue weighted by Gasteiger charge is 2.14. The first-order valence-corrected chi connectivity index (χ1v) is 5.67. The average molecular weight is 230 g/mol. The molecule has 5 heteroatoms. The Bertz CT molecular complexity index is 537. The Kier molecular flexibility index (Phi) is 2.53. The first-order chi connectivity index (χ1) is 8.34. The minimum absolute atomic E-state index is 0.748. The number of hydrogen-bond acceptors (Lipinski definition) is 5. The van der Waals surface area contributed by atoms with Crippen LogP contribution in [0, 0.1) is 0 Å². The lowest BCUT2D eigenvalue weighted by atomic mass is 10.2. The van der Waals surface area contributed by atoms with Gasteiger partial charge in [-0.05, 0) is 12.1 Å². The maximum Gasteiger partial charge on any atom is 0.0908 e. The van der Waals surface area contributed by atoms with Crippen molar-refractivity contribution in [1.29, 1.82) is 0 Å². The summed E-state index contributed by atoms with van der Waals surface area (Å²) < 4.78 is 5.34. The number of hydrogen-bond donors (Lipinski definition) is 1. The largest absolute Gasteiger partial charge is 0.397 e. The third-order valence-electron chi connectivity index (χ3n) is 2.97. The molecule has 3 rings (SSSR count). The summed E-state index contributed by atoms with van der Waals surface area (Å²) in [4.78, 5) is 10.8. The fourth-order valence-corrected chi connectivity index (χ4v) is 2.09. The van der Waals surface area contributed by atoms with E-state index in [1.165, 1.54) is 0 Å². The minimum atomic E-state index is 0.748. The second-order valence-electron chi connectivity index (χ2n) is 4.06. The van der Waals surface area contributed by atoms with Crippen molar-refractivity contribution >= 4 is 22.4 Å². The molecule has 0 unspecified atom stereocenters. The summed E-state index contributed by atoms with van der Waals surface area (Å²) in [6.45, 7) is 3.24. The van der Waals surface area contributed by atoms with Crippen molar-refractivity contribution in [1.82, 2.24) is 9.97 Å². The van der Waals surface area contributed by atoms with Gasteiger partial charge in [-0.3, -0.25) is 9.97 Å². The van der Waals surface area contributed by atoms with Crippen LogP contribution in [0.25, 0.3) is 11.0 Å². The summed E-state index contributed by atoms with van der Waals surface area (Å²) >= 11 is 0. The maximum absolute atomic E-state index is 6.07. The summed E-state index contributed by atoms with van der Waals surface area (Å²) in [5, 5.41) is 0. The minimum Gasteiger partial charge on any atom is -0.397 e. The zero-order valence-electron chi connectivity index (χ0n) is 9.47. The van der Waals surface area contributed by atoms with E-state index in [2.05, 4.69) is 14.9 Å². The number of nitrogens with zero attached hydrogens (tertiary/aromatic N) is 3. The fourth-order valence-electron chi connectivity index (χ4n) is 2.09. The third-order valence-corrected chi connectivity index (χ3v) is 2.97. The molecule has 1 aliphatic rings. The van der Waals surface area contributed by atoms with Gasteiger partial charge in [0.25, 0.3) is 0 Å². The van der Waals surface area contributed by atoms with E-state index in [1.807, 2.05) is 12.1 Å². The molecule has 2 heterocycles. The van der Waals surface area contributed by atoms with Gasteiger partial charge in [0.15, 0.2) is 0 Å². The molecule has 2 aromatic rings. The van der Waals surface area contributed by atoms with Crippen molar-refractivity contribution in [2.24, 2.45) is 0 Å². The fraction of sp³-hybridized carbons (Fsp3) is 0.333. The highest BCUT2D eigenvalue weighted by Crippen LogP contribution is 2.27. The summed E-state index contributed by atoms with van der Waals surface area (Å²) in [6, 6.07) is 3.89. The number of nitrogens with two attached hydrogens (primary N) is 1. The zero-order valence-corrected chi connectivity index (χ0v) is 9.47. The van der Waals surface area contributed by atoms with Crippen molar-refractivity contribution in [3.63, 3.8) is 0 Å². The van der Waals surface area contributed by atoms with Gasteiger partial charge in [-0.25, -0.2) is 0 Å². The van der Waals surface area contributed by atoms with Crippen LogP contribution in [-0.4, -0.2) is 36.3 Å². The molecule has 0 amide bonds. The maximum atomic E-state index is 6.07. The van der Waals surface area contributed by atoms with Crippen molar-refractivity contribution < 1.29 is 4.74 Å². The summed E-state index contributed by atoms with van der Waals surface area (Å²) in [5.41, 5.74) is 9.56. The van der Waals surface area contributed by atoms with E-state index in [1.54, 1.807) is 12.4 Å². The van der Waals surface area contributed by atoms with Crippen LogP contribution < -0.4 is 10.6 Å². The lowest BCUT2D eigenvalue weighted by Gasteiger charge is -2.29. The molecular weight excluding hydrogens is 216 g/mol. The van der Waals surface area contributed by atoms with Crippen molar-refractivity contribution in [2.75, 3.05) is 36.9 Å².